The van der Waals surface area contributed by atoms with E-state index in [0.29, 0.717) is 38.4 Å². The first kappa shape index (κ1) is 20.6. The molecule has 0 saturated carbocycles. The summed E-state index contributed by atoms with van der Waals surface area (Å²) in [5.41, 5.74) is 2.14. The molecule has 2 aromatic rings. The van der Waals surface area contributed by atoms with E-state index < -0.39 is 17.5 Å². The number of likely N-dealkylation sites (tertiary alicyclic amines) is 1. The highest BCUT2D eigenvalue weighted by Crippen LogP contribution is 2.37. The monoisotopic (exact) mass is 385 g/mol. The van der Waals surface area contributed by atoms with Gasteiger partial charge in [0.2, 0.25) is 0 Å². The van der Waals surface area contributed by atoms with E-state index in [1.54, 1.807) is 0 Å². The molecule has 0 aliphatic carbocycles. The molecule has 0 spiro atoms. The summed E-state index contributed by atoms with van der Waals surface area (Å²) >= 11 is 0. The third-order valence-electron chi connectivity index (χ3n) is 5.76. The van der Waals surface area contributed by atoms with Gasteiger partial charge in [0.05, 0.1) is 18.0 Å². The van der Waals surface area contributed by atoms with Crippen molar-refractivity contribution in [2.75, 3.05) is 13.1 Å². The zero-order chi connectivity index (χ0) is 20.3. The Bertz CT molecular complexity index is 817. The molecule has 6 heteroatoms. The van der Waals surface area contributed by atoms with E-state index in [-0.39, 0.29) is 0 Å². The zero-order valence-corrected chi connectivity index (χ0v) is 17.0. The fourth-order valence-corrected chi connectivity index (χ4v) is 4.02. The molecule has 2 atom stereocenters. The molecule has 6 nitrogen and oxygen atoms in total. The van der Waals surface area contributed by atoms with Crippen molar-refractivity contribution in [1.82, 2.24) is 14.7 Å². The van der Waals surface area contributed by atoms with Crippen molar-refractivity contribution in [2.45, 2.75) is 52.7 Å². The summed E-state index contributed by atoms with van der Waals surface area (Å²) in [6.45, 7) is 7.91. The summed E-state index contributed by atoms with van der Waals surface area (Å²) in [5.74, 6) is -0.479. The number of aliphatic hydroxyl groups is 1. The first-order chi connectivity index (χ1) is 13.3. The molecule has 1 aromatic carbocycles. The van der Waals surface area contributed by atoms with E-state index >= 15 is 0 Å². The number of carboxylic acid groups (broad SMARTS) is 1. The van der Waals surface area contributed by atoms with E-state index in [1.165, 1.54) is 5.56 Å². The van der Waals surface area contributed by atoms with Gasteiger partial charge in [0.25, 0.3) is 0 Å². The predicted molar refractivity (Wildman–Crippen MR) is 108 cm³/mol. The highest BCUT2D eigenvalue weighted by atomic mass is 16.4. The third kappa shape index (κ3) is 4.45. The second kappa shape index (κ2) is 8.45. The van der Waals surface area contributed by atoms with E-state index in [2.05, 4.69) is 42.9 Å². The first-order valence-corrected chi connectivity index (χ1v) is 10.0. The number of hydrogen-bond acceptors (Lipinski definition) is 4. The van der Waals surface area contributed by atoms with Crippen molar-refractivity contribution in [1.29, 1.82) is 0 Å². The number of benzene rings is 1. The molecule has 0 amide bonds. The second-order valence-corrected chi connectivity index (χ2v) is 8.54. The SMILES string of the molecule is Cc1cccc(-n2cc(CN3CC[C@@H](O)[C@](CCC(C)C)(C(=O)O)C3)cn2)c1. The number of rotatable bonds is 7. The van der Waals surface area contributed by atoms with Crippen molar-refractivity contribution >= 4 is 5.97 Å². The molecule has 1 fully saturated rings. The fraction of sp³-hybridized carbons (Fsp3) is 0.545. The summed E-state index contributed by atoms with van der Waals surface area (Å²) in [6.07, 6.45) is 4.81. The number of nitrogens with zero attached hydrogens (tertiary/aromatic N) is 3. The van der Waals surface area contributed by atoms with Gasteiger partial charge in [-0.05, 0) is 49.8 Å². The lowest BCUT2D eigenvalue weighted by atomic mass is 9.72. The number of carboxylic acids is 1. The van der Waals surface area contributed by atoms with Crippen LogP contribution in [0.15, 0.2) is 36.7 Å². The van der Waals surface area contributed by atoms with Crippen LogP contribution < -0.4 is 0 Å². The molecule has 0 unspecified atom stereocenters. The standard InChI is InChI=1S/C22H31N3O3/c1-16(2)7-9-22(21(27)28)15-24(10-8-20(22)26)13-18-12-23-25(14-18)19-6-4-5-17(3)11-19/h4-6,11-12,14,16,20,26H,7-10,13,15H2,1-3H3,(H,27,28)/t20-,22-/m1/s1. The molecule has 28 heavy (non-hydrogen) atoms. The fourth-order valence-electron chi connectivity index (χ4n) is 4.02. The minimum absolute atomic E-state index is 0.367. The molecule has 2 N–H and O–H groups in total. The lowest BCUT2D eigenvalue weighted by Gasteiger charge is -2.43. The van der Waals surface area contributed by atoms with Crippen molar-refractivity contribution in [3.05, 3.63) is 47.8 Å². The van der Waals surface area contributed by atoms with Crippen LogP contribution in [-0.2, 0) is 11.3 Å². The molecule has 0 radical (unpaired) electrons. The van der Waals surface area contributed by atoms with Crippen molar-refractivity contribution in [2.24, 2.45) is 11.3 Å². The van der Waals surface area contributed by atoms with Crippen LogP contribution in [-0.4, -0.2) is 50.1 Å². The number of aliphatic hydroxyl groups excluding tert-OH is 1. The summed E-state index contributed by atoms with van der Waals surface area (Å²) in [7, 11) is 0. The maximum Gasteiger partial charge on any atom is 0.313 e. The van der Waals surface area contributed by atoms with Gasteiger partial charge in [-0.1, -0.05) is 26.0 Å². The van der Waals surface area contributed by atoms with Crippen LogP contribution in [0, 0.1) is 18.3 Å². The summed E-state index contributed by atoms with van der Waals surface area (Å²) in [4.78, 5) is 14.3. The van der Waals surface area contributed by atoms with Gasteiger partial charge in [-0.15, -0.1) is 0 Å². The topological polar surface area (TPSA) is 78.6 Å². The Morgan fingerprint density at radius 2 is 2.18 bits per heavy atom. The zero-order valence-electron chi connectivity index (χ0n) is 17.0. The average molecular weight is 386 g/mol. The number of aliphatic carboxylic acids is 1. The maximum atomic E-state index is 12.1. The van der Waals surface area contributed by atoms with Crippen molar-refractivity contribution in [3.8, 4) is 5.69 Å². The molecule has 0 bridgehead atoms. The molecule has 2 heterocycles. The Kier molecular flexibility index (Phi) is 6.20. The van der Waals surface area contributed by atoms with Gasteiger partial charge in [-0.25, -0.2) is 4.68 Å². The predicted octanol–water partition coefficient (Wildman–Crippen LogP) is 3.25. The van der Waals surface area contributed by atoms with Gasteiger partial charge in [0, 0.05) is 31.4 Å². The molecular formula is C22H31N3O3. The van der Waals surface area contributed by atoms with E-state index in [9.17, 15) is 15.0 Å². The Balaban J connectivity index is 1.73. The van der Waals surface area contributed by atoms with Gasteiger partial charge in [-0.2, -0.15) is 5.10 Å². The number of piperidine rings is 1. The Hall–Kier alpha value is -2.18. The molecule has 1 saturated heterocycles. The van der Waals surface area contributed by atoms with Crippen LogP contribution >= 0.6 is 0 Å². The van der Waals surface area contributed by atoms with Gasteiger partial charge in [0.1, 0.15) is 5.41 Å². The molecule has 1 aliphatic heterocycles. The van der Waals surface area contributed by atoms with Crippen molar-refractivity contribution in [3.63, 3.8) is 0 Å². The van der Waals surface area contributed by atoms with E-state index in [0.717, 1.165) is 17.7 Å². The van der Waals surface area contributed by atoms with Crippen LogP contribution in [0.4, 0.5) is 0 Å². The molecule has 1 aliphatic rings. The number of aromatic nitrogens is 2. The molecule has 152 valence electrons. The van der Waals surface area contributed by atoms with Gasteiger partial charge < -0.3 is 10.2 Å². The quantitative estimate of drug-likeness (QED) is 0.765. The van der Waals surface area contributed by atoms with E-state index in [1.807, 2.05) is 29.2 Å². The lowest BCUT2D eigenvalue weighted by molar-refractivity contribution is -0.165. The highest BCUT2D eigenvalue weighted by Gasteiger charge is 2.48. The normalized spacial score (nSPS) is 23.2. The minimum Gasteiger partial charge on any atom is -0.481 e. The third-order valence-corrected chi connectivity index (χ3v) is 5.76. The minimum atomic E-state index is -1.09. The Morgan fingerprint density at radius 3 is 2.86 bits per heavy atom. The first-order valence-electron chi connectivity index (χ1n) is 10.0. The molecule has 1 aromatic heterocycles. The smallest absolute Gasteiger partial charge is 0.313 e. The number of hydrogen-bond donors (Lipinski definition) is 2. The number of aryl methyl sites for hydroxylation is 1. The summed E-state index contributed by atoms with van der Waals surface area (Å²) in [5, 5.41) is 24.9. The highest BCUT2D eigenvalue weighted by molar-refractivity contribution is 5.76. The summed E-state index contributed by atoms with van der Waals surface area (Å²) in [6, 6.07) is 8.15. The summed E-state index contributed by atoms with van der Waals surface area (Å²) < 4.78 is 1.85. The molecular weight excluding hydrogens is 354 g/mol. The maximum absolute atomic E-state index is 12.1. The van der Waals surface area contributed by atoms with E-state index in [4.69, 9.17) is 0 Å². The Labute approximate surface area is 166 Å². The van der Waals surface area contributed by atoms with Crippen LogP contribution in [0.1, 0.15) is 44.2 Å². The van der Waals surface area contributed by atoms with Crippen LogP contribution in [0.2, 0.25) is 0 Å². The van der Waals surface area contributed by atoms with Crippen LogP contribution in [0.5, 0.6) is 0 Å². The Morgan fingerprint density at radius 1 is 1.39 bits per heavy atom. The molecule has 3 rings (SSSR count). The van der Waals surface area contributed by atoms with Crippen LogP contribution in [0.25, 0.3) is 5.69 Å². The number of carbonyl (C=O) groups is 1. The van der Waals surface area contributed by atoms with Crippen LogP contribution in [0.3, 0.4) is 0 Å². The van der Waals surface area contributed by atoms with Gasteiger partial charge >= 0.3 is 5.97 Å². The average Bonchev–Trinajstić information content (AvgIpc) is 3.10. The van der Waals surface area contributed by atoms with Gasteiger partial charge in [-0.3, -0.25) is 9.69 Å². The largest absolute Gasteiger partial charge is 0.481 e. The van der Waals surface area contributed by atoms with Gasteiger partial charge in [0.15, 0.2) is 0 Å². The second-order valence-electron chi connectivity index (χ2n) is 8.54. The van der Waals surface area contributed by atoms with Crippen molar-refractivity contribution < 1.29 is 15.0 Å². The lowest BCUT2D eigenvalue weighted by Crippen LogP contribution is -2.55.